The van der Waals surface area contributed by atoms with Crippen molar-refractivity contribution in [3.8, 4) is 39.5 Å². The lowest BCUT2D eigenvalue weighted by Crippen LogP contribution is -2.43. The monoisotopic (exact) mass is 774 g/mol. The average molecular weight is 776 g/mol. The quantitative estimate of drug-likeness (QED) is 0.151. The molecule has 13 nitrogen and oxygen atoms in total. The van der Waals surface area contributed by atoms with E-state index in [2.05, 4.69) is 20.7 Å². The minimum atomic E-state index is -0.707. The number of pyridine rings is 2. The summed E-state index contributed by atoms with van der Waals surface area (Å²) in [5.41, 5.74) is 3.73. The lowest BCUT2D eigenvalue weighted by Gasteiger charge is -2.29. The first-order valence-electron chi connectivity index (χ1n) is 17.7. The second-order valence-corrected chi connectivity index (χ2v) is 15.3. The third kappa shape index (κ3) is 8.38. The first-order chi connectivity index (χ1) is 25.6. The number of ether oxygens (including phenoxy) is 2. The lowest BCUT2D eigenvalue weighted by atomic mass is 10.00. The molecule has 0 aliphatic carbocycles. The fourth-order valence-corrected chi connectivity index (χ4v) is 6.92. The van der Waals surface area contributed by atoms with Gasteiger partial charge in [-0.15, -0.1) is 0 Å². The molecule has 0 unspecified atom stereocenters. The fraction of sp³-hybridized carbons (Fsp3) is 0.385. The maximum Gasteiger partial charge on any atom is 0.410 e. The third-order valence-corrected chi connectivity index (χ3v) is 9.79. The summed E-state index contributed by atoms with van der Waals surface area (Å²) in [6.45, 7) is 10.3. The van der Waals surface area contributed by atoms with Crippen LogP contribution in [0.15, 0.2) is 59.7 Å². The zero-order valence-electron chi connectivity index (χ0n) is 31.4. The summed E-state index contributed by atoms with van der Waals surface area (Å²) in [5, 5.41) is 11.7. The van der Waals surface area contributed by atoms with Crippen molar-refractivity contribution in [3.63, 3.8) is 0 Å². The highest BCUT2D eigenvalue weighted by Crippen LogP contribution is 2.42. The first kappa shape index (κ1) is 38.7. The SMILES string of the molecule is COc1nc(-c2cccc(-c3ccnc(-c4cc5c(=O)n(C)c(CNC(C)C)nn5c4)c3Cl)c2Cl)ccc1CN(C[C@@H]1CCC(=O)N1)C(=O)OC(C)(C)C. The smallest absolute Gasteiger partial charge is 0.410 e. The van der Waals surface area contributed by atoms with Gasteiger partial charge < -0.3 is 25.0 Å². The number of fused-ring (bicyclic) bond motifs is 1. The number of carbonyl (C=O) groups is 2. The lowest BCUT2D eigenvalue weighted by molar-refractivity contribution is -0.119. The number of nitrogens with zero attached hydrogens (tertiary/aromatic N) is 6. The van der Waals surface area contributed by atoms with Crippen LogP contribution in [0.5, 0.6) is 5.88 Å². The van der Waals surface area contributed by atoms with Crippen LogP contribution < -0.4 is 20.9 Å². The van der Waals surface area contributed by atoms with Crippen LogP contribution in [0.1, 0.15) is 58.8 Å². The summed E-state index contributed by atoms with van der Waals surface area (Å²) in [6, 6.07) is 12.8. The second kappa shape index (κ2) is 15.8. The van der Waals surface area contributed by atoms with Gasteiger partial charge in [-0.2, -0.15) is 5.10 Å². The van der Waals surface area contributed by atoms with Gasteiger partial charge in [0.1, 0.15) is 16.9 Å². The van der Waals surface area contributed by atoms with Crippen LogP contribution >= 0.6 is 23.2 Å². The van der Waals surface area contributed by atoms with E-state index in [9.17, 15) is 14.4 Å². The molecule has 6 rings (SSSR count). The molecule has 0 bridgehead atoms. The van der Waals surface area contributed by atoms with Gasteiger partial charge >= 0.3 is 6.09 Å². The molecule has 1 aromatic carbocycles. The van der Waals surface area contributed by atoms with E-state index in [1.165, 1.54) is 11.7 Å². The summed E-state index contributed by atoms with van der Waals surface area (Å²) in [7, 11) is 3.22. The molecule has 1 fully saturated rings. The Morgan fingerprint density at radius 1 is 1.09 bits per heavy atom. The summed E-state index contributed by atoms with van der Waals surface area (Å²) < 4.78 is 14.5. The van der Waals surface area contributed by atoms with Gasteiger partial charge in [0.25, 0.3) is 5.56 Å². The standard InChI is InChI=1S/C39H44Cl2N8O5/c1-22(2)43-18-31-46-49-20-24(17-30(49)37(51)47(31)6)35-34(41)27(15-16-42-35)26-9-8-10-28(33(26)40)29-13-11-23(36(45-29)53-7)19-48(38(52)54-39(3,4)5)21-25-12-14-32(50)44-25/h8-11,13,15-17,20,22,25,43H,12,14,18-19,21H2,1-7H3,(H,44,50)/t25-/m0/s1. The van der Waals surface area contributed by atoms with Crippen molar-refractivity contribution < 1.29 is 19.1 Å². The van der Waals surface area contributed by atoms with E-state index >= 15 is 0 Å². The Hall–Kier alpha value is -4.98. The predicted octanol–water partition coefficient (Wildman–Crippen LogP) is 6.65. The van der Waals surface area contributed by atoms with Crippen LogP contribution in [-0.4, -0.2) is 72.4 Å². The number of hydrogen-bond donors (Lipinski definition) is 2. The molecule has 4 aromatic heterocycles. The Kier molecular flexibility index (Phi) is 11.3. The summed E-state index contributed by atoms with van der Waals surface area (Å²) in [5.74, 6) is 0.867. The maximum absolute atomic E-state index is 13.3. The number of carbonyl (C=O) groups excluding carboxylic acids is 2. The molecule has 2 amide bonds. The molecule has 0 spiro atoms. The van der Waals surface area contributed by atoms with Crippen molar-refractivity contribution in [2.45, 2.75) is 78.2 Å². The fourth-order valence-electron chi connectivity index (χ4n) is 6.28. The molecule has 15 heteroatoms. The van der Waals surface area contributed by atoms with Crippen LogP contribution in [0.4, 0.5) is 4.79 Å². The van der Waals surface area contributed by atoms with Gasteiger partial charge in [-0.3, -0.25) is 19.1 Å². The van der Waals surface area contributed by atoms with E-state index in [1.807, 2.05) is 44.2 Å². The van der Waals surface area contributed by atoms with Crippen LogP contribution in [0.3, 0.4) is 0 Å². The maximum atomic E-state index is 13.3. The number of halogens is 2. The molecule has 0 saturated carbocycles. The number of hydrogen-bond acceptors (Lipinski definition) is 9. The Labute approximate surface area is 323 Å². The predicted molar refractivity (Wildman–Crippen MR) is 209 cm³/mol. The van der Waals surface area contributed by atoms with Crippen LogP contribution in [0.25, 0.3) is 39.2 Å². The Morgan fingerprint density at radius 3 is 2.52 bits per heavy atom. The molecule has 5 aromatic rings. The van der Waals surface area contributed by atoms with Gasteiger partial charge in [0.15, 0.2) is 0 Å². The Morgan fingerprint density at radius 2 is 1.83 bits per heavy atom. The largest absolute Gasteiger partial charge is 0.481 e. The number of rotatable bonds is 11. The van der Waals surface area contributed by atoms with Gasteiger partial charge in [0.05, 0.1) is 41.6 Å². The molecule has 284 valence electrons. The highest BCUT2D eigenvalue weighted by atomic mass is 35.5. The molecule has 1 atom stereocenters. The number of aromatic nitrogens is 5. The van der Waals surface area contributed by atoms with Gasteiger partial charge in [0.2, 0.25) is 11.8 Å². The second-order valence-electron chi connectivity index (χ2n) is 14.6. The van der Waals surface area contributed by atoms with Gasteiger partial charge in [-0.05, 0) is 51.5 Å². The van der Waals surface area contributed by atoms with Gasteiger partial charge in [-0.25, -0.2) is 14.3 Å². The van der Waals surface area contributed by atoms with Crippen molar-refractivity contribution in [3.05, 3.63) is 86.6 Å². The molecule has 0 radical (unpaired) electrons. The zero-order valence-corrected chi connectivity index (χ0v) is 32.9. The normalized spacial score (nSPS) is 14.5. The average Bonchev–Trinajstić information content (AvgIpc) is 3.74. The molecule has 5 heterocycles. The summed E-state index contributed by atoms with van der Waals surface area (Å²) >= 11 is 14.2. The van der Waals surface area contributed by atoms with E-state index in [1.54, 1.807) is 61.8 Å². The van der Waals surface area contributed by atoms with Crippen LogP contribution in [-0.2, 0) is 29.7 Å². The molecular weight excluding hydrogens is 731 g/mol. The van der Waals surface area contributed by atoms with Crippen molar-refractivity contribution in [1.29, 1.82) is 0 Å². The van der Waals surface area contributed by atoms with E-state index in [4.69, 9.17) is 37.7 Å². The van der Waals surface area contributed by atoms with Crippen LogP contribution in [0.2, 0.25) is 10.0 Å². The Bertz CT molecular complexity index is 2280. The molecule has 54 heavy (non-hydrogen) atoms. The molecule has 2 N–H and O–H groups in total. The molecule has 1 saturated heterocycles. The molecule has 1 aliphatic rings. The number of amides is 2. The van der Waals surface area contributed by atoms with Gasteiger partial charge in [-0.1, -0.05) is 55.2 Å². The van der Waals surface area contributed by atoms with E-state index in [0.29, 0.717) is 85.9 Å². The number of methoxy groups -OCH3 is 1. The zero-order chi connectivity index (χ0) is 38.9. The van der Waals surface area contributed by atoms with Crippen molar-refractivity contribution in [2.75, 3.05) is 13.7 Å². The first-order valence-corrected chi connectivity index (χ1v) is 18.5. The van der Waals surface area contributed by atoms with Crippen LogP contribution in [0, 0.1) is 0 Å². The summed E-state index contributed by atoms with van der Waals surface area (Å²) in [4.78, 5) is 49.4. The van der Waals surface area contributed by atoms with E-state index in [-0.39, 0.29) is 36.6 Å². The van der Waals surface area contributed by atoms with Crippen molar-refractivity contribution in [1.82, 2.24) is 39.7 Å². The topological polar surface area (TPSA) is 145 Å². The Balaban J connectivity index is 1.31. The third-order valence-electron chi connectivity index (χ3n) is 9.00. The highest BCUT2D eigenvalue weighted by molar-refractivity contribution is 6.39. The van der Waals surface area contributed by atoms with Gasteiger partial charge in [0, 0.05) is 72.3 Å². The number of benzene rings is 1. The molecular formula is C39H44Cl2N8O5. The van der Waals surface area contributed by atoms with Crippen molar-refractivity contribution in [2.24, 2.45) is 7.05 Å². The molecule has 1 aliphatic heterocycles. The van der Waals surface area contributed by atoms with E-state index < -0.39 is 11.7 Å². The minimum absolute atomic E-state index is 0.0389. The summed E-state index contributed by atoms with van der Waals surface area (Å²) in [6.07, 6.45) is 3.93. The minimum Gasteiger partial charge on any atom is -0.481 e. The van der Waals surface area contributed by atoms with Crippen molar-refractivity contribution >= 4 is 40.7 Å². The number of nitrogens with one attached hydrogen (secondary N) is 2. The highest BCUT2D eigenvalue weighted by Gasteiger charge is 2.29. The van der Waals surface area contributed by atoms with E-state index in [0.717, 1.165) is 0 Å².